The third-order valence-electron chi connectivity index (χ3n) is 5.96. The maximum atomic E-state index is 12.9. The van der Waals surface area contributed by atoms with Gasteiger partial charge in [0.05, 0.1) is 33.9 Å². The molecule has 1 unspecified atom stereocenters. The Balaban J connectivity index is 1.36. The monoisotopic (exact) mass is 376 g/mol. The highest BCUT2D eigenvalue weighted by Gasteiger charge is 2.52. The number of amides is 1. The number of aromatic nitrogens is 1. The van der Waals surface area contributed by atoms with Gasteiger partial charge in [0, 0.05) is 38.3 Å². The van der Waals surface area contributed by atoms with Crippen molar-refractivity contribution in [3.63, 3.8) is 0 Å². The van der Waals surface area contributed by atoms with Gasteiger partial charge in [0.15, 0.2) is 0 Å². The molecule has 1 spiro atoms. The van der Waals surface area contributed by atoms with E-state index in [4.69, 9.17) is 14.2 Å². The van der Waals surface area contributed by atoms with Gasteiger partial charge in [-0.15, -0.1) is 0 Å². The third kappa shape index (κ3) is 3.49. The number of methoxy groups -OCH3 is 2. The molecule has 0 N–H and O–H groups in total. The van der Waals surface area contributed by atoms with Crippen LogP contribution in [-0.2, 0) is 4.74 Å². The largest absolute Gasteiger partial charge is 0.481 e. The Morgan fingerprint density at radius 1 is 1.19 bits per heavy atom. The molecule has 0 saturated carbocycles. The van der Waals surface area contributed by atoms with Crippen LogP contribution >= 0.6 is 0 Å². The van der Waals surface area contributed by atoms with Crippen LogP contribution in [-0.4, -0.2) is 104 Å². The van der Waals surface area contributed by atoms with Gasteiger partial charge in [0.1, 0.15) is 11.2 Å². The van der Waals surface area contributed by atoms with Crippen molar-refractivity contribution in [2.45, 2.75) is 18.1 Å². The van der Waals surface area contributed by atoms with Gasteiger partial charge in [-0.25, -0.2) is 0 Å². The molecule has 0 aromatic carbocycles. The summed E-state index contributed by atoms with van der Waals surface area (Å²) in [4.78, 5) is 23.8. The quantitative estimate of drug-likeness (QED) is 0.750. The fourth-order valence-electron chi connectivity index (χ4n) is 4.28. The topological polar surface area (TPSA) is 67.4 Å². The van der Waals surface area contributed by atoms with Crippen LogP contribution < -0.4 is 9.47 Å². The number of piperazine rings is 1. The highest BCUT2D eigenvalue weighted by molar-refractivity contribution is 5.97. The number of nitrogens with zero attached hydrogens (tertiary/aromatic N) is 4. The molecule has 4 rings (SSSR count). The molecule has 1 atom stereocenters. The van der Waals surface area contributed by atoms with Crippen molar-refractivity contribution in [1.29, 1.82) is 0 Å². The molecule has 0 aliphatic carbocycles. The Morgan fingerprint density at radius 2 is 1.93 bits per heavy atom. The first kappa shape index (κ1) is 18.5. The molecule has 8 nitrogen and oxygen atoms in total. The number of hydrogen-bond donors (Lipinski definition) is 0. The number of pyridine rings is 1. The minimum Gasteiger partial charge on any atom is -0.481 e. The summed E-state index contributed by atoms with van der Waals surface area (Å²) in [5.41, 5.74) is 0.276. The van der Waals surface area contributed by atoms with Crippen molar-refractivity contribution in [2.24, 2.45) is 0 Å². The van der Waals surface area contributed by atoms with E-state index in [1.165, 1.54) is 14.2 Å². The Morgan fingerprint density at radius 3 is 2.59 bits per heavy atom. The second-order valence-corrected chi connectivity index (χ2v) is 7.76. The second kappa shape index (κ2) is 7.26. The van der Waals surface area contributed by atoms with Crippen LogP contribution in [0.25, 0.3) is 0 Å². The standard InChI is InChI=1S/C19H28N4O4/c1-21-6-8-22(9-7-21)14-10-19(27-11-14)12-23(13-19)18(24)15-4-5-16(25-2)20-17(15)26-3/h4-5,14H,6-13H2,1-3H3. The number of ether oxygens (including phenoxy) is 3. The van der Waals surface area contributed by atoms with E-state index >= 15 is 0 Å². The molecule has 4 heterocycles. The zero-order valence-corrected chi connectivity index (χ0v) is 16.3. The summed E-state index contributed by atoms with van der Waals surface area (Å²) in [7, 11) is 5.22. The fourth-order valence-corrected chi connectivity index (χ4v) is 4.28. The van der Waals surface area contributed by atoms with Crippen LogP contribution in [0.2, 0.25) is 0 Å². The maximum absolute atomic E-state index is 12.9. The van der Waals surface area contributed by atoms with Gasteiger partial charge >= 0.3 is 0 Å². The minimum absolute atomic E-state index is 0.0701. The van der Waals surface area contributed by atoms with Crippen LogP contribution in [0.5, 0.6) is 11.8 Å². The number of carbonyl (C=O) groups is 1. The van der Waals surface area contributed by atoms with Gasteiger partial charge in [-0.3, -0.25) is 9.69 Å². The van der Waals surface area contributed by atoms with Crippen LogP contribution in [0.15, 0.2) is 12.1 Å². The molecule has 1 aromatic rings. The summed E-state index contributed by atoms with van der Waals surface area (Å²) in [5, 5.41) is 0. The van der Waals surface area contributed by atoms with E-state index in [-0.39, 0.29) is 11.5 Å². The second-order valence-electron chi connectivity index (χ2n) is 7.76. The van der Waals surface area contributed by atoms with Crippen molar-refractivity contribution in [3.8, 4) is 11.8 Å². The molecule has 3 saturated heterocycles. The summed E-state index contributed by atoms with van der Waals surface area (Å²) in [5.74, 6) is 0.653. The molecule has 3 aliphatic heterocycles. The number of likely N-dealkylation sites (N-methyl/N-ethyl adjacent to an activating group) is 1. The lowest BCUT2D eigenvalue weighted by Crippen LogP contribution is -2.63. The van der Waals surface area contributed by atoms with E-state index in [9.17, 15) is 4.79 Å². The van der Waals surface area contributed by atoms with Crippen LogP contribution in [0.3, 0.4) is 0 Å². The SMILES string of the molecule is COc1ccc(C(=O)N2CC3(CC(N4CCN(C)CC4)CO3)C2)c(OC)n1. The van der Waals surface area contributed by atoms with E-state index in [1.54, 1.807) is 12.1 Å². The summed E-state index contributed by atoms with van der Waals surface area (Å²) in [6.45, 7) is 6.43. The predicted octanol–water partition coefficient (Wildman–Crippen LogP) is 0.330. The molecule has 1 amide bonds. The number of carbonyl (C=O) groups excluding carboxylic acids is 1. The third-order valence-corrected chi connectivity index (χ3v) is 5.96. The Hall–Kier alpha value is -1.90. The van der Waals surface area contributed by atoms with E-state index in [0.717, 1.165) is 39.2 Å². The predicted molar refractivity (Wildman–Crippen MR) is 99.4 cm³/mol. The zero-order valence-electron chi connectivity index (χ0n) is 16.3. The normalized spacial score (nSPS) is 25.4. The summed E-state index contributed by atoms with van der Waals surface area (Å²) < 4.78 is 16.5. The molecule has 1 aromatic heterocycles. The van der Waals surface area contributed by atoms with Crippen molar-refractivity contribution in [3.05, 3.63) is 17.7 Å². The van der Waals surface area contributed by atoms with Gasteiger partial charge in [0.25, 0.3) is 5.91 Å². The van der Waals surface area contributed by atoms with E-state index < -0.39 is 0 Å². The molecular weight excluding hydrogens is 348 g/mol. The molecule has 148 valence electrons. The lowest BCUT2D eigenvalue weighted by molar-refractivity contribution is -0.0951. The van der Waals surface area contributed by atoms with Gasteiger partial charge in [-0.2, -0.15) is 4.98 Å². The highest BCUT2D eigenvalue weighted by Crippen LogP contribution is 2.38. The molecule has 3 aliphatic rings. The van der Waals surface area contributed by atoms with Crippen LogP contribution in [0.4, 0.5) is 0 Å². The lowest BCUT2D eigenvalue weighted by Gasteiger charge is -2.47. The fraction of sp³-hybridized carbons (Fsp3) is 0.684. The molecular formula is C19H28N4O4. The van der Waals surface area contributed by atoms with Crippen LogP contribution in [0, 0.1) is 0 Å². The van der Waals surface area contributed by atoms with Crippen molar-refractivity contribution in [1.82, 2.24) is 19.7 Å². The number of hydrogen-bond acceptors (Lipinski definition) is 7. The molecule has 8 heteroatoms. The summed E-state index contributed by atoms with van der Waals surface area (Å²) in [6, 6.07) is 3.86. The number of rotatable bonds is 4. The van der Waals surface area contributed by atoms with Crippen molar-refractivity contribution in [2.75, 3.05) is 67.1 Å². The Kier molecular flexibility index (Phi) is 4.96. The number of likely N-dealkylation sites (tertiary alicyclic amines) is 1. The van der Waals surface area contributed by atoms with Crippen molar-refractivity contribution < 1.29 is 19.0 Å². The highest BCUT2D eigenvalue weighted by atomic mass is 16.5. The lowest BCUT2D eigenvalue weighted by atomic mass is 9.88. The average Bonchev–Trinajstić information content (AvgIpc) is 3.12. The maximum Gasteiger partial charge on any atom is 0.259 e. The van der Waals surface area contributed by atoms with Gasteiger partial charge in [0.2, 0.25) is 11.8 Å². The van der Waals surface area contributed by atoms with Gasteiger partial charge < -0.3 is 24.0 Å². The smallest absolute Gasteiger partial charge is 0.259 e. The van der Waals surface area contributed by atoms with Gasteiger partial charge in [-0.1, -0.05) is 0 Å². The first-order chi connectivity index (χ1) is 13.0. The van der Waals surface area contributed by atoms with Crippen molar-refractivity contribution >= 4 is 5.91 Å². The van der Waals surface area contributed by atoms with Gasteiger partial charge in [-0.05, 0) is 19.5 Å². The Labute approximate surface area is 160 Å². The summed E-state index contributed by atoms with van der Waals surface area (Å²) in [6.07, 6.45) is 0.999. The zero-order chi connectivity index (χ0) is 19.0. The Bertz CT molecular complexity index is 699. The molecule has 3 fully saturated rings. The van der Waals surface area contributed by atoms with E-state index in [2.05, 4.69) is 21.8 Å². The first-order valence-electron chi connectivity index (χ1n) is 9.48. The minimum atomic E-state index is -0.184. The molecule has 0 bridgehead atoms. The molecule has 27 heavy (non-hydrogen) atoms. The average molecular weight is 376 g/mol. The van der Waals surface area contributed by atoms with Crippen LogP contribution in [0.1, 0.15) is 16.8 Å². The summed E-state index contributed by atoms with van der Waals surface area (Å²) >= 11 is 0. The van der Waals surface area contributed by atoms with E-state index in [1.807, 2.05) is 4.90 Å². The van der Waals surface area contributed by atoms with E-state index in [0.29, 0.717) is 36.5 Å². The molecule has 0 radical (unpaired) electrons. The first-order valence-corrected chi connectivity index (χ1v) is 9.48.